The number of benzene rings is 2. The van der Waals surface area contributed by atoms with Crippen LogP contribution in [0.5, 0.6) is 5.75 Å². The summed E-state index contributed by atoms with van der Waals surface area (Å²) in [5.74, 6) is 0.406. The monoisotopic (exact) mass is 379 g/mol. The molecule has 0 aliphatic carbocycles. The molecule has 0 aromatic heterocycles. The maximum Gasteiger partial charge on any atom is 0.241 e. The zero-order chi connectivity index (χ0) is 19.3. The van der Waals surface area contributed by atoms with Crippen LogP contribution in [-0.2, 0) is 10.0 Å². The van der Waals surface area contributed by atoms with Crippen LogP contribution in [-0.4, -0.2) is 21.6 Å². The second-order valence-corrected chi connectivity index (χ2v) is 8.48. The van der Waals surface area contributed by atoms with Crippen molar-refractivity contribution in [2.75, 3.05) is 13.2 Å². The molecule has 1 unspecified atom stereocenters. The standard InChI is InChI=1S/C20H26FNO3S/c1-14(9-10-25-19-7-5-18(21)6-8-19)13-22-26(23,24)20-16(3)11-15(2)12-17(20)4/h5-8,11-12,14,22H,9-10,13H2,1-4H3. The molecule has 6 heteroatoms. The lowest BCUT2D eigenvalue weighted by Crippen LogP contribution is -2.30. The van der Waals surface area contributed by atoms with E-state index < -0.39 is 10.0 Å². The van der Waals surface area contributed by atoms with Crippen molar-refractivity contribution >= 4 is 10.0 Å². The number of aryl methyl sites for hydroxylation is 3. The SMILES string of the molecule is Cc1cc(C)c(S(=O)(=O)NCC(C)CCOc2ccc(F)cc2)c(C)c1. The van der Waals surface area contributed by atoms with Crippen LogP contribution in [0.2, 0.25) is 0 Å². The largest absolute Gasteiger partial charge is 0.494 e. The van der Waals surface area contributed by atoms with Crippen LogP contribution in [0.25, 0.3) is 0 Å². The molecule has 2 aromatic rings. The minimum absolute atomic E-state index is 0.108. The molecule has 0 saturated heterocycles. The van der Waals surface area contributed by atoms with Gasteiger partial charge in [0.2, 0.25) is 10.0 Å². The van der Waals surface area contributed by atoms with Gasteiger partial charge >= 0.3 is 0 Å². The van der Waals surface area contributed by atoms with Gasteiger partial charge in [-0.25, -0.2) is 17.5 Å². The predicted molar refractivity (Wildman–Crippen MR) is 102 cm³/mol. The Kier molecular flexibility index (Phi) is 6.78. The van der Waals surface area contributed by atoms with E-state index in [2.05, 4.69) is 4.72 Å². The molecule has 142 valence electrons. The number of hydrogen-bond donors (Lipinski definition) is 1. The number of ether oxygens (including phenoxy) is 1. The Bertz CT molecular complexity index is 825. The van der Waals surface area contributed by atoms with E-state index in [9.17, 15) is 12.8 Å². The lowest BCUT2D eigenvalue weighted by Gasteiger charge is -2.16. The topological polar surface area (TPSA) is 55.4 Å². The second kappa shape index (κ2) is 8.64. The summed E-state index contributed by atoms with van der Waals surface area (Å²) in [4.78, 5) is 0.359. The van der Waals surface area contributed by atoms with Gasteiger partial charge in [0.05, 0.1) is 11.5 Å². The number of halogens is 1. The van der Waals surface area contributed by atoms with E-state index in [0.717, 1.165) is 16.7 Å². The summed E-state index contributed by atoms with van der Waals surface area (Å²) in [5, 5.41) is 0. The van der Waals surface area contributed by atoms with Gasteiger partial charge in [0.25, 0.3) is 0 Å². The summed E-state index contributed by atoms with van der Waals surface area (Å²) in [6, 6.07) is 9.60. The van der Waals surface area contributed by atoms with Crippen LogP contribution in [0.1, 0.15) is 30.0 Å². The Morgan fingerprint density at radius 1 is 1.08 bits per heavy atom. The summed E-state index contributed by atoms with van der Waals surface area (Å²) in [6.45, 7) is 8.32. The minimum atomic E-state index is -3.55. The molecular formula is C20H26FNO3S. The molecule has 0 aliphatic heterocycles. The first-order chi connectivity index (χ1) is 12.2. The quantitative estimate of drug-likeness (QED) is 0.750. The van der Waals surface area contributed by atoms with Gasteiger partial charge in [0, 0.05) is 6.54 Å². The fraction of sp³-hybridized carbons (Fsp3) is 0.400. The molecular weight excluding hydrogens is 353 g/mol. The van der Waals surface area contributed by atoms with E-state index >= 15 is 0 Å². The Balaban J connectivity index is 1.88. The van der Waals surface area contributed by atoms with Gasteiger partial charge in [-0.2, -0.15) is 0 Å². The van der Waals surface area contributed by atoms with E-state index in [1.165, 1.54) is 12.1 Å². The van der Waals surface area contributed by atoms with Gasteiger partial charge in [-0.3, -0.25) is 0 Å². The Morgan fingerprint density at radius 2 is 1.65 bits per heavy atom. The molecule has 0 fully saturated rings. The van der Waals surface area contributed by atoms with Crippen molar-refractivity contribution in [3.63, 3.8) is 0 Å². The van der Waals surface area contributed by atoms with Gasteiger partial charge in [0.1, 0.15) is 11.6 Å². The van der Waals surface area contributed by atoms with E-state index in [1.54, 1.807) is 12.1 Å². The maximum atomic E-state index is 12.8. The zero-order valence-corrected chi connectivity index (χ0v) is 16.5. The zero-order valence-electron chi connectivity index (χ0n) is 15.7. The number of rotatable bonds is 8. The fourth-order valence-electron chi connectivity index (χ4n) is 2.93. The van der Waals surface area contributed by atoms with Crippen LogP contribution in [0.4, 0.5) is 4.39 Å². The van der Waals surface area contributed by atoms with Crippen molar-refractivity contribution < 1.29 is 17.5 Å². The van der Waals surface area contributed by atoms with Crippen molar-refractivity contribution in [3.05, 3.63) is 58.9 Å². The summed E-state index contributed by atoms with van der Waals surface area (Å²) in [5.41, 5.74) is 2.55. The van der Waals surface area contributed by atoms with Crippen LogP contribution in [0.3, 0.4) is 0 Å². The average molecular weight is 379 g/mol. The van der Waals surface area contributed by atoms with Crippen molar-refractivity contribution in [1.82, 2.24) is 4.72 Å². The molecule has 2 rings (SSSR count). The molecule has 0 saturated carbocycles. The van der Waals surface area contributed by atoms with Crippen LogP contribution < -0.4 is 9.46 Å². The highest BCUT2D eigenvalue weighted by molar-refractivity contribution is 7.89. The van der Waals surface area contributed by atoms with Gasteiger partial charge in [-0.05, 0) is 68.5 Å². The molecule has 0 bridgehead atoms. The van der Waals surface area contributed by atoms with Crippen LogP contribution in [0.15, 0.2) is 41.3 Å². The van der Waals surface area contributed by atoms with E-state index in [-0.39, 0.29) is 11.7 Å². The van der Waals surface area contributed by atoms with Gasteiger partial charge < -0.3 is 4.74 Å². The number of sulfonamides is 1. The molecule has 4 nitrogen and oxygen atoms in total. The molecule has 26 heavy (non-hydrogen) atoms. The first-order valence-electron chi connectivity index (χ1n) is 8.65. The Hall–Kier alpha value is -1.92. The Labute approximate surface area is 155 Å². The molecule has 0 spiro atoms. The van der Waals surface area contributed by atoms with Crippen molar-refractivity contribution in [2.45, 2.75) is 39.0 Å². The lowest BCUT2D eigenvalue weighted by molar-refractivity contribution is 0.283. The van der Waals surface area contributed by atoms with Gasteiger partial charge in [-0.15, -0.1) is 0 Å². The molecule has 0 heterocycles. The summed E-state index contributed by atoms with van der Waals surface area (Å²) in [6.07, 6.45) is 0.686. The molecule has 1 N–H and O–H groups in total. The fourth-order valence-corrected chi connectivity index (χ4v) is 4.54. The molecule has 1 atom stereocenters. The third kappa shape index (κ3) is 5.54. The minimum Gasteiger partial charge on any atom is -0.494 e. The van der Waals surface area contributed by atoms with Crippen molar-refractivity contribution in [1.29, 1.82) is 0 Å². The average Bonchev–Trinajstić information content (AvgIpc) is 2.53. The van der Waals surface area contributed by atoms with E-state index in [1.807, 2.05) is 39.8 Å². The summed E-state index contributed by atoms with van der Waals surface area (Å²) >= 11 is 0. The lowest BCUT2D eigenvalue weighted by atomic mass is 10.1. The van der Waals surface area contributed by atoms with E-state index in [0.29, 0.717) is 30.2 Å². The Morgan fingerprint density at radius 3 is 2.23 bits per heavy atom. The van der Waals surface area contributed by atoms with Gasteiger partial charge in [-0.1, -0.05) is 24.6 Å². The summed E-state index contributed by atoms with van der Waals surface area (Å²) in [7, 11) is -3.55. The van der Waals surface area contributed by atoms with Crippen molar-refractivity contribution in [3.8, 4) is 5.75 Å². The highest BCUT2D eigenvalue weighted by Gasteiger charge is 2.20. The van der Waals surface area contributed by atoms with Gasteiger partial charge in [0.15, 0.2) is 0 Å². The van der Waals surface area contributed by atoms with Crippen LogP contribution in [0, 0.1) is 32.5 Å². The van der Waals surface area contributed by atoms with Crippen molar-refractivity contribution in [2.24, 2.45) is 5.92 Å². The first-order valence-corrected chi connectivity index (χ1v) is 10.1. The summed E-state index contributed by atoms with van der Waals surface area (Å²) < 4.78 is 46.4. The first kappa shape index (κ1) is 20.4. The van der Waals surface area contributed by atoms with Crippen LogP contribution >= 0.6 is 0 Å². The predicted octanol–water partition coefficient (Wildman–Crippen LogP) is 4.13. The molecule has 0 amide bonds. The highest BCUT2D eigenvalue weighted by atomic mass is 32.2. The second-order valence-electron chi connectivity index (χ2n) is 6.78. The number of hydrogen-bond acceptors (Lipinski definition) is 3. The normalized spacial score (nSPS) is 12.8. The molecule has 0 radical (unpaired) electrons. The van der Waals surface area contributed by atoms with E-state index in [4.69, 9.17) is 4.74 Å². The smallest absolute Gasteiger partial charge is 0.241 e. The number of nitrogens with one attached hydrogen (secondary N) is 1. The molecule has 2 aromatic carbocycles. The maximum absolute atomic E-state index is 12.8. The highest BCUT2D eigenvalue weighted by Crippen LogP contribution is 2.21. The third-order valence-corrected chi connectivity index (χ3v) is 5.92. The third-order valence-electron chi connectivity index (χ3n) is 4.19. The molecule has 0 aliphatic rings.